The van der Waals surface area contributed by atoms with Crippen molar-refractivity contribution in [1.29, 1.82) is 0 Å². The van der Waals surface area contributed by atoms with Crippen LogP contribution < -0.4 is 0 Å². The second-order valence-electron chi connectivity index (χ2n) is 4.91. The monoisotopic (exact) mass is 231 g/mol. The molecule has 1 rings (SSSR count). The van der Waals surface area contributed by atoms with Gasteiger partial charge in [-0.2, -0.15) is 0 Å². The van der Waals surface area contributed by atoms with Gasteiger partial charge in [-0.1, -0.05) is 49.8 Å². The van der Waals surface area contributed by atoms with Crippen molar-refractivity contribution in [1.82, 2.24) is 4.90 Å². The molecule has 1 aromatic carbocycles. The number of hydrogen-bond acceptors (Lipinski definition) is 1. The average Bonchev–Trinajstić information content (AvgIpc) is 2.34. The SMILES string of the molecule is C=Cc1ccc(CCCCCCN(C)C)cc1. The van der Waals surface area contributed by atoms with E-state index >= 15 is 0 Å². The van der Waals surface area contributed by atoms with E-state index in [9.17, 15) is 0 Å². The zero-order valence-corrected chi connectivity index (χ0v) is 11.3. The van der Waals surface area contributed by atoms with Crippen molar-refractivity contribution in [3.05, 3.63) is 42.0 Å². The molecule has 0 spiro atoms. The molecule has 0 saturated heterocycles. The number of nitrogens with zero attached hydrogens (tertiary/aromatic N) is 1. The molecule has 0 aliphatic rings. The van der Waals surface area contributed by atoms with E-state index in [4.69, 9.17) is 0 Å². The Labute approximate surface area is 106 Å². The first-order valence-corrected chi connectivity index (χ1v) is 6.58. The molecule has 1 heteroatoms. The molecule has 0 amide bonds. The summed E-state index contributed by atoms with van der Waals surface area (Å²) in [7, 11) is 4.28. The molecule has 0 radical (unpaired) electrons. The number of unbranched alkanes of at least 4 members (excludes halogenated alkanes) is 3. The first-order chi connectivity index (χ1) is 8.22. The summed E-state index contributed by atoms with van der Waals surface area (Å²) in [5.74, 6) is 0. The molecule has 0 bridgehead atoms. The zero-order valence-electron chi connectivity index (χ0n) is 11.3. The van der Waals surface area contributed by atoms with E-state index in [0.717, 1.165) is 0 Å². The minimum atomic E-state index is 1.21. The minimum absolute atomic E-state index is 1.21. The molecule has 0 fully saturated rings. The predicted molar refractivity (Wildman–Crippen MR) is 77.3 cm³/mol. The maximum Gasteiger partial charge on any atom is -0.00248 e. The molecular formula is C16H25N. The molecule has 0 aliphatic carbocycles. The van der Waals surface area contributed by atoms with Crippen LogP contribution in [0.2, 0.25) is 0 Å². The Bertz CT molecular complexity index is 311. The van der Waals surface area contributed by atoms with Crippen LogP contribution in [0.5, 0.6) is 0 Å². The summed E-state index contributed by atoms with van der Waals surface area (Å²) in [6, 6.07) is 8.73. The van der Waals surface area contributed by atoms with Crippen molar-refractivity contribution in [2.75, 3.05) is 20.6 Å². The van der Waals surface area contributed by atoms with Crippen LogP contribution in [0.25, 0.3) is 6.08 Å². The smallest absolute Gasteiger partial charge is 0.00248 e. The Kier molecular flexibility index (Phi) is 6.64. The highest BCUT2D eigenvalue weighted by atomic mass is 15.0. The molecule has 0 unspecified atom stereocenters. The van der Waals surface area contributed by atoms with Crippen LogP contribution in [0.4, 0.5) is 0 Å². The fraction of sp³-hybridized carbons (Fsp3) is 0.500. The van der Waals surface area contributed by atoms with Gasteiger partial charge in [0.2, 0.25) is 0 Å². The number of hydrogen-bond donors (Lipinski definition) is 0. The summed E-state index contributed by atoms with van der Waals surface area (Å²) in [6.07, 6.45) is 8.42. The number of rotatable bonds is 8. The van der Waals surface area contributed by atoms with Gasteiger partial charge >= 0.3 is 0 Å². The quantitative estimate of drug-likeness (QED) is 0.611. The van der Waals surface area contributed by atoms with Crippen LogP contribution in [0.1, 0.15) is 36.8 Å². The predicted octanol–water partition coefficient (Wildman–Crippen LogP) is 3.99. The van der Waals surface area contributed by atoms with Crippen LogP contribution >= 0.6 is 0 Å². The van der Waals surface area contributed by atoms with Crippen molar-refractivity contribution >= 4 is 6.08 Å². The highest BCUT2D eigenvalue weighted by Gasteiger charge is 1.95. The van der Waals surface area contributed by atoms with Gasteiger partial charge in [-0.25, -0.2) is 0 Å². The fourth-order valence-corrected chi connectivity index (χ4v) is 1.93. The number of aryl methyl sites for hydroxylation is 1. The van der Waals surface area contributed by atoms with Crippen molar-refractivity contribution in [3.63, 3.8) is 0 Å². The van der Waals surface area contributed by atoms with Crippen LogP contribution in [0.15, 0.2) is 30.8 Å². The van der Waals surface area contributed by atoms with E-state index in [1.54, 1.807) is 0 Å². The maximum atomic E-state index is 3.77. The summed E-state index contributed by atoms with van der Waals surface area (Å²) < 4.78 is 0. The van der Waals surface area contributed by atoms with Gasteiger partial charge in [0.1, 0.15) is 0 Å². The molecule has 0 aromatic heterocycles. The second kappa shape index (κ2) is 8.08. The van der Waals surface area contributed by atoms with Gasteiger partial charge < -0.3 is 4.90 Å². The normalized spacial score (nSPS) is 10.8. The third-order valence-corrected chi connectivity index (χ3v) is 3.04. The minimum Gasteiger partial charge on any atom is -0.309 e. The van der Waals surface area contributed by atoms with Crippen LogP contribution in [0, 0.1) is 0 Å². The summed E-state index contributed by atoms with van der Waals surface area (Å²) in [5.41, 5.74) is 2.66. The van der Waals surface area contributed by atoms with Gasteiger partial charge in [-0.15, -0.1) is 0 Å². The second-order valence-corrected chi connectivity index (χ2v) is 4.91. The van der Waals surface area contributed by atoms with Crippen LogP contribution in [-0.2, 0) is 6.42 Å². The lowest BCUT2D eigenvalue weighted by Gasteiger charge is -2.08. The molecule has 1 nitrogen and oxygen atoms in total. The molecule has 0 N–H and O–H groups in total. The molecule has 94 valence electrons. The summed E-state index contributed by atoms with van der Waals surface area (Å²) in [6.45, 7) is 4.98. The topological polar surface area (TPSA) is 3.24 Å². The van der Waals surface area contributed by atoms with Gasteiger partial charge in [-0.3, -0.25) is 0 Å². The van der Waals surface area contributed by atoms with Crippen molar-refractivity contribution in [3.8, 4) is 0 Å². The van der Waals surface area contributed by atoms with Crippen molar-refractivity contribution in [2.24, 2.45) is 0 Å². The standard InChI is InChI=1S/C16H25N/c1-4-15-10-12-16(13-11-15)9-7-5-6-8-14-17(2)3/h4,10-13H,1,5-9,14H2,2-3H3. The highest BCUT2D eigenvalue weighted by Crippen LogP contribution is 2.10. The Balaban J connectivity index is 2.11. The van der Waals surface area contributed by atoms with Crippen molar-refractivity contribution < 1.29 is 0 Å². The first kappa shape index (κ1) is 14.0. The lowest BCUT2D eigenvalue weighted by atomic mass is 10.0. The molecule has 0 heterocycles. The fourth-order valence-electron chi connectivity index (χ4n) is 1.93. The first-order valence-electron chi connectivity index (χ1n) is 6.58. The Morgan fingerprint density at radius 3 is 2.24 bits per heavy atom. The van der Waals surface area contributed by atoms with E-state index in [0.29, 0.717) is 0 Å². The van der Waals surface area contributed by atoms with Crippen molar-refractivity contribution in [2.45, 2.75) is 32.1 Å². The Hall–Kier alpha value is -1.08. The van der Waals surface area contributed by atoms with Gasteiger partial charge in [0, 0.05) is 0 Å². The molecule has 0 saturated carbocycles. The highest BCUT2D eigenvalue weighted by molar-refractivity contribution is 5.47. The molecule has 1 aromatic rings. The molecule has 17 heavy (non-hydrogen) atoms. The lowest BCUT2D eigenvalue weighted by Crippen LogP contribution is -2.12. The summed E-state index contributed by atoms with van der Waals surface area (Å²) in [4.78, 5) is 2.26. The zero-order chi connectivity index (χ0) is 12.5. The average molecular weight is 231 g/mol. The summed E-state index contributed by atoms with van der Waals surface area (Å²) >= 11 is 0. The van der Waals surface area contributed by atoms with E-state index in [1.165, 1.54) is 49.8 Å². The third-order valence-electron chi connectivity index (χ3n) is 3.04. The number of benzene rings is 1. The van der Waals surface area contributed by atoms with Gasteiger partial charge in [0.05, 0.1) is 0 Å². The largest absolute Gasteiger partial charge is 0.309 e. The van der Waals surface area contributed by atoms with E-state index in [-0.39, 0.29) is 0 Å². The molecule has 0 aliphatic heterocycles. The van der Waals surface area contributed by atoms with Gasteiger partial charge in [0.25, 0.3) is 0 Å². The maximum absolute atomic E-state index is 3.77. The molecular weight excluding hydrogens is 206 g/mol. The Morgan fingerprint density at radius 2 is 1.65 bits per heavy atom. The van der Waals surface area contributed by atoms with Crippen LogP contribution in [-0.4, -0.2) is 25.5 Å². The van der Waals surface area contributed by atoms with E-state index in [2.05, 4.69) is 49.8 Å². The third kappa shape index (κ3) is 6.28. The van der Waals surface area contributed by atoms with E-state index in [1.807, 2.05) is 6.08 Å². The summed E-state index contributed by atoms with van der Waals surface area (Å²) in [5, 5.41) is 0. The van der Waals surface area contributed by atoms with E-state index < -0.39 is 0 Å². The van der Waals surface area contributed by atoms with Gasteiger partial charge in [-0.05, 0) is 51.0 Å². The Morgan fingerprint density at radius 1 is 1.00 bits per heavy atom. The van der Waals surface area contributed by atoms with Crippen LogP contribution in [0.3, 0.4) is 0 Å². The lowest BCUT2D eigenvalue weighted by molar-refractivity contribution is 0.390. The molecule has 0 atom stereocenters. The van der Waals surface area contributed by atoms with Gasteiger partial charge in [0.15, 0.2) is 0 Å².